The summed E-state index contributed by atoms with van der Waals surface area (Å²) in [6.07, 6.45) is 0.977. The number of nitrogens with one attached hydrogen (secondary N) is 2. The molecule has 3 amide bonds. The van der Waals surface area contributed by atoms with E-state index in [1.807, 2.05) is 0 Å². The van der Waals surface area contributed by atoms with Gasteiger partial charge < -0.3 is 11.1 Å². The van der Waals surface area contributed by atoms with Gasteiger partial charge >= 0.3 is 0 Å². The average Bonchev–Trinajstić information content (AvgIpc) is 2.40. The molecule has 108 valence electrons. The Morgan fingerprint density at radius 1 is 1.40 bits per heavy atom. The number of benzene rings is 1. The lowest BCUT2D eigenvalue weighted by Crippen LogP contribution is -2.34. The number of imide groups is 1. The highest BCUT2D eigenvalue weighted by Gasteiger charge is 2.14. The third kappa shape index (κ3) is 4.38. The van der Waals surface area contributed by atoms with Crippen molar-refractivity contribution >= 4 is 23.9 Å². The van der Waals surface area contributed by atoms with Gasteiger partial charge in [-0.25, -0.2) is 0 Å². The molecule has 0 aliphatic carbocycles. The van der Waals surface area contributed by atoms with Crippen molar-refractivity contribution in [2.24, 2.45) is 0 Å². The minimum absolute atomic E-state index is 0.177. The second-order valence-corrected chi connectivity index (χ2v) is 4.62. The molecule has 0 aromatic heterocycles. The first kappa shape index (κ1) is 15.7. The van der Waals surface area contributed by atoms with Crippen LogP contribution in [0.1, 0.15) is 35.7 Å². The zero-order chi connectivity index (χ0) is 15.1. The molecule has 0 spiro atoms. The van der Waals surface area contributed by atoms with Gasteiger partial charge in [-0.1, -0.05) is 6.07 Å². The van der Waals surface area contributed by atoms with Gasteiger partial charge in [0, 0.05) is 23.7 Å². The van der Waals surface area contributed by atoms with Crippen molar-refractivity contribution in [1.82, 2.24) is 10.6 Å². The highest BCUT2D eigenvalue weighted by atomic mass is 16.2. The zero-order valence-electron chi connectivity index (χ0n) is 11.6. The van der Waals surface area contributed by atoms with Crippen LogP contribution in [-0.2, 0) is 9.59 Å². The van der Waals surface area contributed by atoms with Crippen LogP contribution in [0.3, 0.4) is 0 Å². The number of amides is 3. The van der Waals surface area contributed by atoms with E-state index < -0.39 is 0 Å². The minimum atomic E-state index is -0.360. The van der Waals surface area contributed by atoms with E-state index in [9.17, 15) is 14.4 Å². The third-order valence-corrected chi connectivity index (χ3v) is 3.02. The monoisotopic (exact) mass is 277 g/mol. The molecule has 1 aromatic rings. The molecular formula is C14H19N3O3. The molecule has 1 atom stereocenters. The molecule has 4 N–H and O–H groups in total. The largest absolute Gasteiger partial charge is 0.398 e. The Hall–Kier alpha value is -2.37. The molecule has 6 heteroatoms. The van der Waals surface area contributed by atoms with Crippen molar-refractivity contribution < 1.29 is 14.4 Å². The second kappa shape index (κ2) is 7.28. The van der Waals surface area contributed by atoms with E-state index in [2.05, 4.69) is 10.6 Å². The number of hydrogen-bond acceptors (Lipinski definition) is 4. The van der Waals surface area contributed by atoms with Crippen LogP contribution in [0, 0.1) is 6.92 Å². The number of carbonyl (C=O) groups is 3. The summed E-state index contributed by atoms with van der Waals surface area (Å²) >= 11 is 0. The van der Waals surface area contributed by atoms with Crippen molar-refractivity contribution in [1.29, 1.82) is 0 Å². The van der Waals surface area contributed by atoms with E-state index in [0.29, 0.717) is 24.1 Å². The number of anilines is 1. The summed E-state index contributed by atoms with van der Waals surface area (Å²) < 4.78 is 0. The SMILES string of the molecule is Cc1c(N)cccc1C(=O)NC(C)CCC(=O)NC=O. The van der Waals surface area contributed by atoms with Crippen LogP contribution in [-0.4, -0.2) is 24.3 Å². The van der Waals surface area contributed by atoms with Crippen LogP contribution in [0.25, 0.3) is 0 Å². The van der Waals surface area contributed by atoms with Crippen LogP contribution in [0.5, 0.6) is 0 Å². The van der Waals surface area contributed by atoms with Crippen molar-refractivity contribution in [2.45, 2.75) is 32.7 Å². The molecule has 1 unspecified atom stereocenters. The van der Waals surface area contributed by atoms with Gasteiger partial charge in [-0.2, -0.15) is 0 Å². The fourth-order valence-electron chi connectivity index (χ4n) is 1.76. The first-order chi connectivity index (χ1) is 9.45. The maximum absolute atomic E-state index is 12.1. The summed E-state index contributed by atoms with van der Waals surface area (Å²) in [7, 11) is 0. The van der Waals surface area contributed by atoms with Crippen molar-refractivity contribution in [3.8, 4) is 0 Å². The quantitative estimate of drug-likeness (QED) is 0.527. The summed E-state index contributed by atoms with van der Waals surface area (Å²) in [5.74, 6) is -0.584. The molecule has 6 nitrogen and oxygen atoms in total. The predicted octanol–water partition coefficient (Wildman–Crippen LogP) is 0.748. The normalized spacial score (nSPS) is 11.5. The molecule has 0 saturated heterocycles. The summed E-state index contributed by atoms with van der Waals surface area (Å²) in [6, 6.07) is 4.98. The van der Waals surface area contributed by atoms with Crippen LogP contribution in [0.2, 0.25) is 0 Å². The number of nitrogens with two attached hydrogens (primary N) is 1. The molecule has 0 aliphatic heterocycles. The van der Waals surface area contributed by atoms with E-state index in [4.69, 9.17) is 5.73 Å². The van der Waals surface area contributed by atoms with Gasteiger partial charge in [-0.3, -0.25) is 19.7 Å². The maximum atomic E-state index is 12.1. The average molecular weight is 277 g/mol. The summed E-state index contributed by atoms with van der Waals surface area (Å²) in [4.78, 5) is 33.3. The molecule has 1 aromatic carbocycles. The fourth-order valence-corrected chi connectivity index (χ4v) is 1.76. The Balaban J connectivity index is 2.55. The van der Waals surface area contributed by atoms with Gasteiger partial charge in [0.2, 0.25) is 12.3 Å². The van der Waals surface area contributed by atoms with E-state index >= 15 is 0 Å². The Morgan fingerprint density at radius 2 is 2.10 bits per heavy atom. The van der Waals surface area contributed by atoms with Gasteiger partial charge in [0.1, 0.15) is 0 Å². The molecule has 0 fully saturated rings. The summed E-state index contributed by atoms with van der Waals surface area (Å²) in [6.45, 7) is 3.58. The molecule has 0 heterocycles. The first-order valence-corrected chi connectivity index (χ1v) is 6.34. The smallest absolute Gasteiger partial charge is 0.251 e. The lowest BCUT2D eigenvalue weighted by molar-refractivity contribution is -0.125. The fraction of sp³-hybridized carbons (Fsp3) is 0.357. The second-order valence-electron chi connectivity index (χ2n) is 4.62. The van der Waals surface area contributed by atoms with Gasteiger partial charge in [-0.05, 0) is 38.0 Å². The molecule has 0 saturated carbocycles. The van der Waals surface area contributed by atoms with Crippen molar-refractivity contribution in [3.63, 3.8) is 0 Å². The first-order valence-electron chi connectivity index (χ1n) is 6.34. The molecular weight excluding hydrogens is 258 g/mol. The van der Waals surface area contributed by atoms with Crippen molar-refractivity contribution in [3.05, 3.63) is 29.3 Å². The van der Waals surface area contributed by atoms with E-state index in [0.717, 1.165) is 5.56 Å². The van der Waals surface area contributed by atoms with E-state index in [-0.39, 0.29) is 24.3 Å². The lowest BCUT2D eigenvalue weighted by atomic mass is 10.1. The lowest BCUT2D eigenvalue weighted by Gasteiger charge is -2.15. The molecule has 1 rings (SSSR count). The maximum Gasteiger partial charge on any atom is 0.251 e. The minimum Gasteiger partial charge on any atom is -0.398 e. The third-order valence-electron chi connectivity index (χ3n) is 3.02. The van der Waals surface area contributed by atoms with Crippen LogP contribution >= 0.6 is 0 Å². The van der Waals surface area contributed by atoms with Gasteiger partial charge in [0.25, 0.3) is 5.91 Å². The Bertz CT molecular complexity index is 514. The molecule has 0 bridgehead atoms. The van der Waals surface area contributed by atoms with Gasteiger partial charge in [0.15, 0.2) is 0 Å². The summed E-state index contributed by atoms with van der Waals surface area (Å²) in [5.41, 5.74) is 7.58. The van der Waals surface area contributed by atoms with Gasteiger partial charge in [0.05, 0.1) is 0 Å². The van der Waals surface area contributed by atoms with Crippen LogP contribution in [0.4, 0.5) is 5.69 Å². The topological polar surface area (TPSA) is 101 Å². The highest BCUT2D eigenvalue weighted by Crippen LogP contribution is 2.15. The Kier molecular flexibility index (Phi) is 5.71. The summed E-state index contributed by atoms with van der Waals surface area (Å²) in [5, 5.41) is 4.85. The predicted molar refractivity (Wildman–Crippen MR) is 76.0 cm³/mol. The van der Waals surface area contributed by atoms with Crippen LogP contribution in [0.15, 0.2) is 18.2 Å². The van der Waals surface area contributed by atoms with E-state index in [1.165, 1.54) is 0 Å². The molecule has 0 aliphatic rings. The van der Waals surface area contributed by atoms with Crippen molar-refractivity contribution in [2.75, 3.05) is 5.73 Å². The van der Waals surface area contributed by atoms with Crippen LogP contribution < -0.4 is 16.4 Å². The zero-order valence-corrected chi connectivity index (χ0v) is 11.6. The number of nitrogen functional groups attached to an aromatic ring is 1. The Morgan fingerprint density at radius 3 is 2.75 bits per heavy atom. The number of carbonyl (C=O) groups excluding carboxylic acids is 3. The van der Waals surface area contributed by atoms with Gasteiger partial charge in [-0.15, -0.1) is 0 Å². The highest BCUT2D eigenvalue weighted by molar-refractivity contribution is 5.97. The number of hydrogen-bond donors (Lipinski definition) is 3. The van der Waals surface area contributed by atoms with E-state index in [1.54, 1.807) is 32.0 Å². The molecule has 0 radical (unpaired) electrons. The number of rotatable bonds is 6. The standard InChI is InChI=1S/C14H19N3O3/c1-9(6-7-13(19)16-8-18)17-14(20)11-4-3-5-12(15)10(11)2/h3-5,8-9H,6-7,15H2,1-2H3,(H,17,20)(H,16,18,19). The Labute approximate surface area is 117 Å². The molecule has 20 heavy (non-hydrogen) atoms.